The van der Waals surface area contributed by atoms with E-state index < -0.39 is 9.05 Å². The summed E-state index contributed by atoms with van der Waals surface area (Å²) in [7, 11) is 1.64. The molecule has 1 fully saturated rings. The number of halogens is 2. The van der Waals surface area contributed by atoms with Gasteiger partial charge in [0.25, 0.3) is 0 Å². The molecule has 1 aliphatic rings. The summed E-state index contributed by atoms with van der Waals surface area (Å²) in [6.07, 6.45) is 0.183. The van der Waals surface area contributed by atoms with Crippen molar-refractivity contribution in [2.24, 2.45) is 5.92 Å². The Hall–Kier alpha value is -0.660. The molecule has 1 atom stereocenters. The van der Waals surface area contributed by atoms with E-state index in [0.717, 1.165) is 10.2 Å². The van der Waals surface area contributed by atoms with Crippen molar-refractivity contribution in [2.45, 2.75) is 13.3 Å². The Morgan fingerprint density at radius 1 is 1.53 bits per heavy atom. The van der Waals surface area contributed by atoms with Crippen LogP contribution in [0.25, 0.3) is 0 Å². The lowest BCUT2D eigenvalue weighted by Gasteiger charge is -2.16. The Morgan fingerprint density at radius 2 is 2.21 bits per heavy atom. The van der Waals surface area contributed by atoms with E-state index in [1.54, 1.807) is 6.07 Å². The first-order valence-corrected chi connectivity index (χ1v) is 8.89. The lowest BCUT2D eigenvalue weighted by molar-refractivity contribution is -0.117. The van der Waals surface area contributed by atoms with Crippen molar-refractivity contribution >= 4 is 47.4 Å². The first-order chi connectivity index (χ1) is 8.76. The lowest BCUT2D eigenvalue weighted by atomic mass is 10.1. The summed E-state index contributed by atoms with van der Waals surface area (Å²) in [5.41, 5.74) is 0.777. The van der Waals surface area contributed by atoms with E-state index in [9.17, 15) is 13.2 Å². The molecule has 0 aromatic carbocycles. The van der Waals surface area contributed by atoms with Gasteiger partial charge < -0.3 is 0 Å². The van der Waals surface area contributed by atoms with Gasteiger partial charge in [0.05, 0.1) is 11.4 Å². The predicted octanol–water partition coefficient (Wildman–Crippen LogP) is 2.07. The highest BCUT2D eigenvalue weighted by molar-refractivity contribution is 9.10. The summed E-state index contributed by atoms with van der Waals surface area (Å²) in [6.45, 7) is 2.16. The standard InChI is InChI=1S/C11H12BrClN2O3S/c1-7-9(12)2-3-10(14-7)15-5-8(4-11(15)16)6-19(13,17)18/h2-3,8H,4-6H2,1H3. The van der Waals surface area contributed by atoms with Crippen LogP contribution < -0.4 is 4.90 Å². The molecule has 1 aromatic heterocycles. The fourth-order valence-electron chi connectivity index (χ4n) is 2.08. The smallest absolute Gasteiger partial charge is 0.232 e. The van der Waals surface area contributed by atoms with Crippen molar-refractivity contribution < 1.29 is 13.2 Å². The molecule has 0 N–H and O–H groups in total. The number of amides is 1. The lowest BCUT2D eigenvalue weighted by Crippen LogP contribution is -2.26. The molecule has 1 aromatic rings. The summed E-state index contributed by atoms with van der Waals surface area (Å²) in [5, 5.41) is 0. The Bertz CT molecular complexity index is 620. The van der Waals surface area contributed by atoms with Crippen LogP contribution in [0.1, 0.15) is 12.1 Å². The van der Waals surface area contributed by atoms with E-state index in [0.29, 0.717) is 12.4 Å². The van der Waals surface area contributed by atoms with Crippen molar-refractivity contribution in [3.8, 4) is 0 Å². The average Bonchev–Trinajstić information content (AvgIpc) is 2.61. The number of anilines is 1. The van der Waals surface area contributed by atoms with Crippen LogP contribution >= 0.6 is 26.6 Å². The fourth-order valence-corrected chi connectivity index (χ4v) is 3.62. The summed E-state index contributed by atoms with van der Waals surface area (Å²) in [4.78, 5) is 17.7. The molecule has 1 aliphatic heterocycles. The number of rotatable bonds is 3. The van der Waals surface area contributed by atoms with Crippen LogP contribution in [0.3, 0.4) is 0 Å². The van der Waals surface area contributed by atoms with E-state index in [4.69, 9.17) is 10.7 Å². The van der Waals surface area contributed by atoms with Crippen LogP contribution in [0.2, 0.25) is 0 Å². The number of hydrogen-bond donors (Lipinski definition) is 0. The van der Waals surface area contributed by atoms with Gasteiger partial charge in [0.2, 0.25) is 15.0 Å². The Labute approximate surface area is 124 Å². The third kappa shape index (κ3) is 3.67. The summed E-state index contributed by atoms with van der Waals surface area (Å²) in [5.74, 6) is -0.0489. The summed E-state index contributed by atoms with van der Waals surface area (Å²) in [6, 6.07) is 3.54. The molecule has 1 amide bonds. The fraction of sp³-hybridized carbons (Fsp3) is 0.455. The minimum atomic E-state index is -3.59. The largest absolute Gasteiger partial charge is 0.296 e. The number of carbonyl (C=O) groups excluding carboxylic acids is 1. The molecule has 0 spiro atoms. The van der Waals surface area contributed by atoms with Gasteiger partial charge in [0.1, 0.15) is 5.82 Å². The van der Waals surface area contributed by atoms with Crippen molar-refractivity contribution in [1.82, 2.24) is 4.98 Å². The Kier molecular flexibility index (Phi) is 4.17. The SMILES string of the molecule is Cc1nc(N2CC(CS(=O)(=O)Cl)CC2=O)ccc1Br. The van der Waals surface area contributed by atoms with Crippen LogP contribution in [0.5, 0.6) is 0 Å². The third-order valence-corrected chi connectivity index (χ3v) is 5.01. The number of pyridine rings is 1. The molecule has 2 heterocycles. The number of hydrogen-bond acceptors (Lipinski definition) is 4. The monoisotopic (exact) mass is 366 g/mol. The van der Waals surface area contributed by atoms with Gasteiger partial charge in [-0.3, -0.25) is 9.69 Å². The van der Waals surface area contributed by atoms with Gasteiger partial charge in [-0.2, -0.15) is 0 Å². The second-order valence-corrected chi connectivity index (χ2v) is 8.19. The highest BCUT2D eigenvalue weighted by Crippen LogP contribution is 2.27. The van der Waals surface area contributed by atoms with Crippen LogP contribution in [0.15, 0.2) is 16.6 Å². The summed E-state index contributed by atoms with van der Waals surface area (Å²) < 4.78 is 23.0. The van der Waals surface area contributed by atoms with E-state index in [2.05, 4.69) is 20.9 Å². The highest BCUT2D eigenvalue weighted by Gasteiger charge is 2.33. The van der Waals surface area contributed by atoms with Gasteiger partial charge in [-0.1, -0.05) is 0 Å². The van der Waals surface area contributed by atoms with Crippen molar-refractivity contribution in [3.05, 3.63) is 22.3 Å². The molecule has 1 unspecified atom stereocenters. The van der Waals surface area contributed by atoms with Crippen molar-refractivity contribution in [1.29, 1.82) is 0 Å². The van der Waals surface area contributed by atoms with Crippen molar-refractivity contribution in [3.63, 3.8) is 0 Å². The maximum absolute atomic E-state index is 11.9. The second kappa shape index (κ2) is 5.38. The van der Waals surface area contributed by atoms with E-state index >= 15 is 0 Å². The minimum absolute atomic E-state index is 0.125. The number of aryl methyl sites for hydroxylation is 1. The maximum Gasteiger partial charge on any atom is 0.232 e. The zero-order valence-corrected chi connectivity index (χ0v) is 13.3. The molecule has 0 saturated carbocycles. The van der Waals surface area contributed by atoms with Gasteiger partial charge in [-0.25, -0.2) is 13.4 Å². The first-order valence-electron chi connectivity index (χ1n) is 5.62. The first kappa shape index (κ1) is 14.7. The van der Waals surface area contributed by atoms with Gasteiger partial charge in [-0.15, -0.1) is 0 Å². The molecule has 19 heavy (non-hydrogen) atoms. The van der Waals surface area contributed by atoms with Crippen LogP contribution in [-0.4, -0.2) is 31.6 Å². The molecule has 0 bridgehead atoms. The maximum atomic E-state index is 11.9. The zero-order chi connectivity index (χ0) is 14.2. The van der Waals surface area contributed by atoms with E-state index in [1.807, 2.05) is 13.0 Å². The second-order valence-electron chi connectivity index (χ2n) is 4.52. The molecule has 1 saturated heterocycles. The molecular weight excluding hydrogens is 356 g/mol. The van der Waals surface area contributed by atoms with Crippen molar-refractivity contribution in [2.75, 3.05) is 17.2 Å². The molecular formula is C11H12BrClN2O3S. The van der Waals surface area contributed by atoms with Crippen LogP contribution in [0.4, 0.5) is 5.82 Å². The molecule has 5 nitrogen and oxygen atoms in total. The number of carbonyl (C=O) groups is 1. The van der Waals surface area contributed by atoms with Gasteiger partial charge in [0.15, 0.2) is 0 Å². The van der Waals surface area contributed by atoms with E-state index in [-0.39, 0.29) is 24.0 Å². The van der Waals surface area contributed by atoms with Gasteiger partial charge in [-0.05, 0) is 35.0 Å². The molecule has 8 heteroatoms. The zero-order valence-electron chi connectivity index (χ0n) is 10.1. The third-order valence-electron chi connectivity index (χ3n) is 2.92. The highest BCUT2D eigenvalue weighted by atomic mass is 79.9. The van der Waals surface area contributed by atoms with Gasteiger partial charge >= 0.3 is 0 Å². The number of nitrogens with zero attached hydrogens (tertiary/aromatic N) is 2. The predicted molar refractivity (Wildman–Crippen MR) is 76.8 cm³/mol. The van der Waals surface area contributed by atoms with Crippen LogP contribution in [0, 0.1) is 12.8 Å². The Balaban J connectivity index is 2.18. The minimum Gasteiger partial charge on any atom is -0.296 e. The number of aromatic nitrogens is 1. The average molecular weight is 368 g/mol. The molecule has 0 radical (unpaired) electrons. The topological polar surface area (TPSA) is 67.3 Å². The Morgan fingerprint density at radius 3 is 2.79 bits per heavy atom. The van der Waals surface area contributed by atoms with E-state index in [1.165, 1.54) is 4.90 Å². The summed E-state index contributed by atoms with van der Waals surface area (Å²) >= 11 is 3.34. The normalized spacial score (nSPS) is 20.1. The van der Waals surface area contributed by atoms with Crippen LogP contribution in [-0.2, 0) is 13.8 Å². The molecule has 0 aliphatic carbocycles. The molecule has 2 rings (SSSR count). The quantitative estimate of drug-likeness (QED) is 0.767. The van der Waals surface area contributed by atoms with Gasteiger partial charge in [0, 0.05) is 34.0 Å². The molecule has 104 valence electrons.